The summed E-state index contributed by atoms with van der Waals surface area (Å²) in [6, 6.07) is 0. The molecule has 1 N–H and O–H groups in total. The maximum absolute atomic E-state index is 7.73. The molecule has 1 aliphatic heterocycles. The van der Waals surface area contributed by atoms with Crippen molar-refractivity contribution in [2.45, 2.75) is 45.6 Å². The number of piperidine rings is 1. The summed E-state index contributed by atoms with van der Waals surface area (Å²) in [7, 11) is 0. The maximum atomic E-state index is 7.73. The van der Waals surface area contributed by atoms with E-state index < -0.39 is 0 Å². The first-order chi connectivity index (χ1) is 5.02. The lowest BCUT2D eigenvalue weighted by Gasteiger charge is -2.40. The minimum atomic E-state index is 0.150. The summed E-state index contributed by atoms with van der Waals surface area (Å²) in [6.45, 7) is 7.59. The Bertz CT molecular complexity index is 155. The van der Waals surface area contributed by atoms with E-state index in [1.165, 1.54) is 12.8 Å². The largest absolute Gasteiger partial charge is 0.356 e. The zero-order valence-electron chi connectivity index (χ0n) is 7.78. The van der Waals surface area contributed by atoms with Crippen molar-refractivity contribution in [2.75, 3.05) is 6.54 Å². The molecule has 11 heavy (non-hydrogen) atoms. The van der Waals surface area contributed by atoms with Crippen LogP contribution in [0.5, 0.6) is 0 Å². The molecule has 0 aromatic carbocycles. The van der Waals surface area contributed by atoms with Crippen LogP contribution in [0.2, 0.25) is 0 Å². The molecule has 1 aliphatic rings. The Labute approximate surface area is 69.1 Å². The summed E-state index contributed by atoms with van der Waals surface area (Å²) >= 11 is 0. The van der Waals surface area contributed by atoms with E-state index in [2.05, 4.69) is 25.7 Å². The fourth-order valence-electron chi connectivity index (χ4n) is 1.57. The van der Waals surface area contributed by atoms with Gasteiger partial charge in [0.2, 0.25) is 0 Å². The maximum Gasteiger partial charge on any atom is 0.0961 e. The van der Waals surface area contributed by atoms with Crippen molar-refractivity contribution in [1.29, 1.82) is 5.41 Å². The zero-order chi connectivity index (χ0) is 8.48. The first-order valence-electron chi connectivity index (χ1n) is 4.37. The third-order valence-electron chi connectivity index (χ3n) is 2.18. The Morgan fingerprint density at radius 3 is 2.27 bits per heavy atom. The van der Waals surface area contributed by atoms with Crippen LogP contribution in [0.25, 0.3) is 0 Å². The highest BCUT2D eigenvalue weighted by molar-refractivity contribution is 5.80. The van der Waals surface area contributed by atoms with Crippen LogP contribution in [0, 0.1) is 5.41 Å². The molecule has 2 nitrogen and oxygen atoms in total. The zero-order valence-corrected chi connectivity index (χ0v) is 7.78. The predicted molar refractivity (Wildman–Crippen MR) is 48.0 cm³/mol. The minimum absolute atomic E-state index is 0.150. The first-order valence-corrected chi connectivity index (χ1v) is 4.37. The standard InChI is InChI=1S/C9H18N2/c1-9(2,3)11-7-5-4-6-8(11)10/h10H,4-7H2,1-3H3. The molecule has 0 unspecified atom stereocenters. The van der Waals surface area contributed by atoms with Gasteiger partial charge in [-0.25, -0.2) is 0 Å². The molecule has 0 atom stereocenters. The van der Waals surface area contributed by atoms with Crippen LogP contribution in [-0.2, 0) is 0 Å². The van der Waals surface area contributed by atoms with Gasteiger partial charge in [-0.3, -0.25) is 5.41 Å². The number of likely N-dealkylation sites (tertiary alicyclic amines) is 1. The molecular formula is C9H18N2. The normalized spacial score (nSPS) is 20.6. The quantitative estimate of drug-likeness (QED) is 0.569. The summed E-state index contributed by atoms with van der Waals surface area (Å²) in [5.41, 5.74) is 0.150. The van der Waals surface area contributed by atoms with E-state index >= 15 is 0 Å². The molecule has 1 fully saturated rings. The molecule has 0 spiro atoms. The van der Waals surface area contributed by atoms with Gasteiger partial charge in [0.1, 0.15) is 0 Å². The average molecular weight is 154 g/mol. The van der Waals surface area contributed by atoms with Gasteiger partial charge in [-0.1, -0.05) is 0 Å². The smallest absolute Gasteiger partial charge is 0.0961 e. The van der Waals surface area contributed by atoms with Crippen molar-refractivity contribution in [3.05, 3.63) is 0 Å². The van der Waals surface area contributed by atoms with Crippen molar-refractivity contribution < 1.29 is 0 Å². The summed E-state index contributed by atoms with van der Waals surface area (Å²) in [4.78, 5) is 2.20. The molecule has 0 bridgehead atoms. The van der Waals surface area contributed by atoms with Gasteiger partial charge >= 0.3 is 0 Å². The topological polar surface area (TPSA) is 27.1 Å². The van der Waals surface area contributed by atoms with Gasteiger partial charge in [0.15, 0.2) is 0 Å². The summed E-state index contributed by atoms with van der Waals surface area (Å²) in [5.74, 6) is 0.823. The number of hydrogen-bond acceptors (Lipinski definition) is 1. The molecule has 1 rings (SSSR count). The van der Waals surface area contributed by atoms with Gasteiger partial charge in [0.05, 0.1) is 5.84 Å². The van der Waals surface area contributed by atoms with Gasteiger partial charge in [-0.2, -0.15) is 0 Å². The molecule has 0 aliphatic carbocycles. The summed E-state index contributed by atoms with van der Waals surface area (Å²) in [5, 5.41) is 7.73. The molecule has 2 heteroatoms. The average Bonchev–Trinajstić information content (AvgIpc) is 1.86. The Balaban J connectivity index is 2.62. The highest BCUT2D eigenvalue weighted by Gasteiger charge is 2.25. The fourth-order valence-corrected chi connectivity index (χ4v) is 1.57. The van der Waals surface area contributed by atoms with Gasteiger partial charge in [-0.05, 0) is 33.6 Å². The monoisotopic (exact) mass is 154 g/mol. The van der Waals surface area contributed by atoms with Gasteiger partial charge in [-0.15, -0.1) is 0 Å². The fraction of sp³-hybridized carbons (Fsp3) is 0.889. The first kappa shape index (κ1) is 8.57. The molecule has 64 valence electrons. The van der Waals surface area contributed by atoms with Crippen molar-refractivity contribution in [3.63, 3.8) is 0 Å². The van der Waals surface area contributed by atoms with Crippen molar-refractivity contribution in [2.24, 2.45) is 0 Å². The molecule has 0 aromatic rings. The molecular weight excluding hydrogens is 136 g/mol. The molecule has 0 aromatic heterocycles. The Morgan fingerprint density at radius 2 is 1.91 bits per heavy atom. The van der Waals surface area contributed by atoms with Crippen LogP contribution < -0.4 is 0 Å². The highest BCUT2D eigenvalue weighted by Crippen LogP contribution is 2.20. The Kier molecular flexibility index (Phi) is 2.21. The van der Waals surface area contributed by atoms with Crippen molar-refractivity contribution >= 4 is 5.84 Å². The lowest BCUT2D eigenvalue weighted by Crippen LogP contribution is -2.47. The third kappa shape index (κ3) is 1.95. The van der Waals surface area contributed by atoms with Gasteiger partial charge in [0.25, 0.3) is 0 Å². The molecule has 0 radical (unpaired) electrons. The third-order valence-corrected chi connectivity index (χ3v) is 2.18. The molecule has 1 saturated heterocycles. The van der Waals surface area contributed by atoms with Crippen LogP contribution in [0.4, 0.5) is 0 Å². The molecule has 0 amide bonds. The second-order valence-corrected chi connectivity index (χ2v) is 4.23. The van der Waals surface area contributed by atoms with Gasteiger partial charge in [0, 0.05) is 18.5 Å². The van der Waals surface area contributed by atoms with Crippen LogP contribution >= 0.6 is 0 Å². The highest BCUT2D eigenvalue weighted by atomic mass is 15.2. The predicted octanol–water partition coefficient (Wildman–Crippen LogP) is 2.25. The van der Waals surface area contributed by atoms with E-state index in [1.807, 2.05) is 0 Å². The van der Waals surface area contributed by atoms with E-state index in [1.54, 1.807) is 0 Å². The van der Waals surface area contributed by atoms with Crippen LogP contribution in [0.3, 0.4) is 0 Å². The van der Waals surface area contributed by atoms with Crippen molar-refractivity contribution in [1.82, 2.24) is 4.90 Å². The van der Waals surface area contributed by atoms with E-state index in [4.69, 9.17) is 5.41 Å². The van der Waals surface area contributed by atoms with E-state index in [9.17, 15) is 0 Å². The number of amidine groups is 1. The lowest BCUT2D eigenvalue weighted by atomic mass is 10.0. The number of nitrogens with one attached hydrogen (secondary N) is 1. The van der Waals surface area contributed by atoms with E-state index in [-0.39, 0.29) is 5.54 Å². The van der Waals surface area contributed by atoms with Gasteiger partial charge < -0.3 is 4.90 Å². The lowest BCUT2D eigenvalue weighted by molar-refractivity contribution is 0.213. The van der Waals surface area contributed by atoms with E-state index in [0.717, 1.165) is 18.8 Å². The second-order valence-electron chi connectivity index (χ2n) is 4.23. The van der Waals surface area contributed by atoms with Crippen LogP contribution in [-0.4, -0.2) is 22.8 Å². The minimum Gasteiger partial charge on any atom is -0.356 e. The Morgan fingerprint density at radius 1 is 1.27 bits per heavy atom. The SMILES string of the molecule is CC(C)(C)N1CCCCC1=N. The molecule has 1 heterocycles. The summed E-state index contributed by atoms with van der Waals surface area (Å²) < 4.78 is 0. The van der Waals surface area contributed by atoms with E-state index in [0.29, 0.717) is 0 Å². The van der Waals surface area contributed by atoms with Crippen LogP contribution in [0.15, 0.2) is 0 Å². The Hall–Kier alpha value is -0.530. The number of rotatable bonds is 0. The summed E-state index contributed by atoms with van der Waals surface area (Å²) in [6.07, 6.45) is 3.42. The number of nitrogens with zero attached hydrogens (tertiary/aromatic N) is 1. The second kappa shape index (κ2) is 2.84. The number of hydrogen-bond donors (Lipinski definition) is 1. The van der Waals surface area contributed by atoms with Crippen molar-refractivity contribution in [3.8, 4) is 0 Å². The molecule has 0 saturated carbocycles. The van der Waals surface area contributed by atoms with Crippen LogP contribution in [0.1, 0.15) is 40.0 Å².